The number of anilines is 2. The number of nitrogens with one attached hydrogen (secondary N) is 2. The molecule has 3 rings (SSSR count). The number of carbonyl (C=O) groups is 3. The van der Waals surface area contributed by atoms with Crippen molar-refractivity contribution in [2.45, 2.75) is 11.8 Å². The van der Waals surface area contributed by atoms with E-state index in [2.05, 4.69) is 10.6 Å². The van der Waals surface area contributed by atoms with Crippen LogP contribution in [0.5, 0.6) is 0 Å². The molecule has 8 heteroatoms. The van der Waals surface area contributed by atoms with Gasteiger partial charge in [-0.05, 0) is 55.5 Å². The number of ether oxygens (including phenoxy) is 1. The Morgan fingerprint density at radius 1 is 0.844 bits per heavy atom. The van der Waals surface area contributed by atoms with Crippen LogP contribution in [-0.2, 0) is 14.3 Å². The highest BCUT2D eigenvalue weighted by Crippen LogP contribution is 2.24. The molecule has 0 aliphatic heterocycles. The first kappa shape index (κ1) is 23.0. The van der Waals surface area contributed by atoms with Crippen LogP contribution in [0.3, 0.4) is 0 Å². The van der Waals surface area contributed by atoms with E-state index in [4.69, 9.17) is 4.74 Å². The molecule has 0 unspecified atom stereocenters. The molecule has 0 aromatic heterocycles. The van der Waals surface area contributed by atoms with Gasteiger partial charge in [-0.1, -0.05) is 29.8 Å². The Balaban J connectivity index is 1.52. The summed E-state index contributed by atoms with van der Waals surface area (Å²) >= 11 is 1.16. The van der Waals surface area contributed by atoms with Gasteiger partial charge in [0.05, 0.1) is 11.3 Å². The van der Waals surface area contributed by atoms with Gasteiger partial charge in [-0.2, -0.15) is 0 Å². The first-order valence-corrected chi connectivity index (χ1v) is 10.7. The molecule has 2 N–H and O–H groups in total. The summed E-state index contributed by atoms with van der Waals surface area (Å²) in [5.41, 5.74) is 2.41. The van der Waals surface area contributed by atoms with Crippen molar-refractivity contribution in [1.82, 2.24) is 0 Å². The van der Waals surface area contributed by atoms with Gasteiger partial charge >= 0.3 is 5.97 Å². The highest BCUT2D eigenvalue weighted by atomic mass is 32.2. The molecule has 0 radical (unpaired) electrons. The fourth-order valence-corrected chi connectivity index (χ4v) is 3.52. The molecular weight excluding hydrogens is 431 g/mol. The summed E-state index contributed by atoms with van der Waals surface area (Å²) in [6, 6.07) is 19.4. The van der Waals surface area contributed by atoms with Crippen LogP contribution in [0, 0.1) is 12.7 Å². The van der Waals surface area contributed by atoms with E-state index in [9.17, 15) is 18.8 Å². The Morgan fingerprint density at radius 2 is 1.44 bits per heavy atom. The Morgan fingerprint density at radius 3 is 2.12 bits per heavy atom. The maximum Gasteiger partial charge on any atom is 0.339 e. The third-order valence-electron chi connectivity index (χ3n) is 4.26. The minimum Gasteiger partial charge on any atom is -0.452 e. The van der Waals surface area contributed by atoms with Gasteiger partial charge in [-0.3, -0.25) is 9.59 Å². The van der Waals surface area contributed by atoms with Crippen molar-refractivity contribution in [3.63, 3.8) is 0 Å². The largest absolute Gasteiger partial charge is 0.452 e. The van der Waals surface area contributed by atoms with E-state index in [1.165, 1.54) is 24.3 Å². The quantitative estimate of drug-likeness (QED) is 0.384. The van der Waals surface area contributed by atoms with Gasteiger partial charge in [-0.25, -0.2) is 9.18 Å². The Kier molecular flexibility index (Phi) is 7.99. The summed E-state index contributed by atoms with van der Waals surface area (Å²) in [6.45, 7) is 1.51. The third-order valence-corrected chi connectivity index (χ3v) is 5.34. The highest BCUT2D eigenvalue weighted by molar-refractivity contribution is 8.00. The van der Waals surface area contributed by atoms with Crippen LogP contribution >= 0.6 is 11.8 Å². The van der Waals surface area contributed by atoms with Crippen molar-refractivity contribution in [3.05, 3.63) is 89.7 Å². The lowest BCUT2D eigenvalue weighted by atomic mass is 10.2. The van der Waals surface area contributed by atoms with Crippen LogP contribution < -0.4 is 10.6 Å². The lowest BCUT2D eigenvalue weighted by Crippen LogP contribution is -2.21. The maximum absolute atomic E-state index is 13.0. The van der Waals surface area contributed by atoms with Gasteiger partial charge in [0.2, 0.25) is 5.91 Å². The number of aryl methyl sites for hydroxylation is 1. The first-order valence-electron chi connectivity index (χ1n) is 9.71. The molecule has 0 fully saturated rings. The summed E-state index contributed by atoms with van der Waals surface area (Å²) < 4.78 is 18.1. The predicted molar refractivity (Wildman–Crippen MR) is 122 cm³/mol. The van der Waals surface area contributed by atoms with Crippen LogP contribution in [0.4, 0.5) is 15.8 Å². The SMILES string of the molecule is Cc1ccc(NC(=O)COC(=O)c2ccccc2SCC(=O)Nc2ccc(F)cc2)cc1. The molecule has 0 heterocycles. The zero-order valence-electron chi connectivity index (χ0n) is 17.3. The van der Waals surface area contributed by atoms with Gasteiger partial charge in [0.15, 0.2) is 6.61 Å². The van der Waals surface area contributed by atoms with Crippen LogP contribution in [0.2, 0.25) is 0 Å². The standard InChI is InChI=1S/C24H21FN2O4S/c1-16-6-10-18(11-7-16)26-22(28)14-31-24(30)20-4-2-3-5-21(20)32-15-23(29)27-19-12-8-17(25)9-13-19/h2-13H,14-15H2,1H3,(H,26,28)(H,27,29). The smallest absolute Gasteiger partial charge is 0.339 e. The molecule has 32 heavy (non-hydrogen) atoms. The second-order valence-corrected chi connectivity index (χ2v) is 7.85. The van der Waals surface area contributed by atoms with E-state index in [1.54, 1.807) is 36.4 Å². The minimum atomic E-state index is -0.661. The number of hydrogen-bond acceptors (Lipinski definition) is 5. The second-order valence-electron chi connectivity index (χ2n) is 6.83. The first-order chi connectivity index (χ1) is 15.4. The normalized spacial score (nSPS) is 10.3. The lowest BCUT2D eigenvalue weighted by Gasteiger charge is -2.10. The van der Waals surface area contributed by atoms with Crippen LogP contribution in [0.1, 0.15) is 15.9 Å². The number of amides is 2. The van der Waals surface area contributed by atoms with Gasteiger partial charge < -0.3 is 15.4 Å². The average molecular weight is 453 g/mol. The van der Waals surface area contributed by atoms with Gasteiger partial charge in [-0.15, -0.1) is 11.8 Å². The number of thioether (sulfide) groups is 1. The zero-order valence-corrected chi connectivity index (χ0v) is 18.1. The second kappa shape index (κ2) is 11.1. The average Bonchev–Trinajstić information content (AvgIpc) is 2.79. The Labute approximate surface area is 189 Å². The molecule has 0 spiro atoms. The van der Waals surface area contributed by atoms with Gasteiger partial charge in [0.1, 0.15) is 5.82 Å². The topological polar surface area (TPSA) is 84.5 Å². The van der Waals surface area contributed by atoms with Crippen molar-refractivity contribution in [3.8, 4) is 0 Å². The van der Waals surface area contributed by atoms with Crippen molar-refractivity contribution < 1.29 is 23.5 Å². The van der Waals surface area contributed by atoms with Crippen LogP contribution in [0.15, 0.2) is 77.7 Å². The minimum absolute atomic E-state index is 0.0373. The van der Waals surface area contributed by atoms with Crippen molar-refractivity contribution in [2.24, 2.45) is 0 Å². The van der Waals surface area contributed by atoms with E-state index < -0.39 is 24.3 Å². The summed E-state index contributed by atoms with van der Waals surface area (Å²) in [5.74, 6) is -1.77. The molecule has 0 atom stereocenters. The number of rotatable bonds is 8. The Hall–Kier alpha value is -3.65. The molecule has 0 aliphatic rings. The fourth-order valence-electron chi connectivity index (χ4n) is 2.68. The highest BCUT2D eigenvalue weighted by Gasteiger charge is 2.16. The molecule has 2 amide bonds. The summed E-state index contributed by atoms with van der Waals surface area (Å²) in [5, 5.41) is 5.32. The van der Waals surface area contributed by atoms with Crippen molar-refractivity contribution >= 4 is 40.9 Å². The van der Waals surface area contributed by atoms with Crippen molar-refractivity contribution in [2.75, 3.05) is 23.0 Å². The molecule has 3 aromatic rings. The predicted octanol–water partition coefficient (Wildman–Crippen LogP) is 4.66. The number of carbonyl (C=O) groups excluding carboxylic acids is 3. The zero-order chi connectivity index (χ0) is 22.9. The van der Waals surface area contributed by atoms with E-state index in [0.717, 1.165) is 17.3 Å². The van der Waals surface area contributed by atoms with E-state index in [1.807, 2.05) is 19.1 Å². The lowest BCUT2D eigenvalue weighted by molar-refractivity contribution is -0.119. The van der Waals surface area contributed by atoms with Crippen molar-refractivity contribution in [1.29, 1.82) is 0 Å². The molecule has 0 aliphatic carbocycles. The third kappa shape index (κ3) is 6.95. The van der Waals surface area contributed by atoms with E-state index >= 15 is 0 Å². The monoisotopic (exact) mass is 452 g/mol. The summed E-state index contributed by atoms with van der Waals surface area (Å²) in [7, 11) is 0. The van der Waals surface area contributed by atoms with Crippen LogP contribution in [0.25, 0.3) is 0 Å². The molecule has 164 valence electrons. The molecule has 0 saturated carbocycles. The fraction of sp³-hybridized carbons (Fsp3) is 0.125. The van der Waals surface area contributed by atoms with Gasteiger partial charge in [0, 0.05) is 16.3 Å². The molecular formula is C24H21FN2O4S. The van der Waals surface area contributed by atoms with Crippen LogP contribution in [-0.4, -0.2) is 30.1 Å². The maximum atomic E-state index is 13.0. The summed E-state index contributed by atoms with van der Waals surface area (Å²) in [4.78, 5) is 37.3. The molecule has 6 nitrogen and oxygen atoms in total. The van der Waals surface area contributed by atoms with E-state index in [-0.39, 0.29) is 17.2 Å². The molecule has 3 aromatic carbocycles. The summed E-state index contributed by atoms with van der Waals surface area (Å²) in [6.07, 6.45) is 0. The molecule has 0 saturated heterocycles. The van der Waals surface area contributed by atoms with E-state index in [0.29, 0.717) is 16.3 Å². The number of benzene rings is 3. The van der Waals surface area contributed by atoms with Gasteiger partial charge in [0.25, 0.3) is 5.91 Å². The molecule has 0 bridgehead atoms. The number of halogens is 1. The number of hydrogen-bond donors (Lipinski definition) is 2. The number of esters is 1. The Bertz CT molecular complexity index is 1100.